The van der Waals surface area contributed by atoms with Crippen molar-refractivity contribution in [2.45, 2.75) is 29.4 Å². The van der Waals surface area contributed by atoms with E-state index in [9.17, 15) is 9.59 Å². The number of hydrogen-bond donors (Lipinski definition) is 1. The van der Waals surface area contributed by atoms with Gasteiger partial charge in [0.2, 0.25) is 11.8 Å². The third kappa shape index (κ3) is 2.91. The van der Waals surface area contributed by atoms with E-state index in [1.54, 1.807) is 16.7 Å². The molecule has 2 amide bonds. The van der Waals surface area contributed by atoms with Crippen LogP contribution in [0.4, 0.5) is 11.4 Å². The van der Waals surface area contributed by atoms with E-state index in [0.717, 1.165) is 30.8 Å². The van der Waals surface area contributed by atoms with Gasteiger partial charge < -0.3 is 10.2 Å². The van der Waals surface area contributed by atoms with Crippen LogP contribution < -0.4 is 10.2 Å². The van der Waals surface area contributed by atoms with Gasteiger partial charge in [-0.15, -0.1) is 11.8 Å². The molecule has 4 nitrogen and oxygen atoms in total. The highest BCUT2D eigenvalue weighted by Gasteiger charge is 2.28. The average Bonchev–Trinajstić information content (AvgIpc) is 3.21. The largest absolute Gasteiger partial charge is 0.325 e. The van der Waals surface area contributed by atoms with Crippen molar-refractivity contribution < 1.29 is 9.59 Å². The Kier molecular flexibility index (Phi) is 4.02. The van der Waals surface area contributed by atoms with Gasteiger partial charge in [0.25, 0.3) is 0 Å². The molecule has 2 aliphatic rings. The minimum absolute atomic E-state index is 0.0149. The molecule has 0 bridgehead atoms. The molecular weight excluding hydrogens is 320 g/mol. The van der Waals surface area contributed by atoms with E-state index >= 15 is 0 Å². The summed E-state index contributed by atoms with van der Waals surface area (Å²) in [6.07, 6.45) is 2.26. The van der Waals surface area contributed by atoms with Gasteiger partial charge in [-0.05, 0) is 42.7 Å². The highest BCUT2D eigenvalue weighted by atomic mass is 32.2. The van der Waals surface area contributed by atoms with Crippen molar-refractivity contribution in [1.82, 2.24) is 0 Å². The number of carbonyl (C=O) groups excluding carboxylic acids is 2. The van der Waals surface area contributed by atoms with Crippen LogP contribution in [0, 0.1) is 0 Å². The zero-order chi connectivity index (χ0) is 16.5. The predicted molar refractivity (Wildman–Crippen MR) is 96.4 cm³/mol. The van der Waals surface area contributed by atoms with Crippen LogP contribution in [0.5, 0.6) is 0 Å². The molecule has 1 unspecified atom stereocenters. The number of fused-ring (bicyclic) bond motifs is 1. The average molecular weight is 338 g/mol. The fourth-order valence-corrected chi connectivity index (χ4v) is 4.42. The molecule has 24 heavy (non-hydrogen) atoms. The molecular formula is C19H18N2O2S. The molecule has 2 aromatic rings. The van der Waals surface area contributed by atoms with Crippen molar-refractivity contribution in [2.75, 3.05) is 16.8 Å². The van der Waals surface area contributed by atoms with Crippen molar-refractivity contribution in [2.24, 2.45) is 0 Å². The van der Waals surface area contributed by atoms with Crippen LogP contribution in [0.15, 0.2) is 53.4 Å². The van der Waals surface area contributed by atoms with E-state index in [1.807, 2.05) is 36.4 Å². The SMILES string of the molecule is O=C(Nc1cccc(N2CCCC2=O)c1)C1Cc2ccccc2S1. The summed E-state index contributed by atoms with van der Waals surface area (Å²) in [5.41, 5.74) is 2.84. The third-order valence-electron chi connectivity index (χ3n) is 4.44. The Labute approximate surface area is 145 Å². The van der Waals surface area contributed by atoms with Crippen LogP contribution in [-0.4, -0.2) is 23.6 Å². The number of nitrogens with one attached hydrogen (secondary N) is 1. The van der Waals surface area contributed by atoms with Crippen molar-refractivity contribution >= 4 is 35.0 Å². The summed E-state index contributed by atoms with van der Waals surface area (Å²) in [5, 5.41) is 2.90. The molecule has 4 rings (SSSR count). The molecule has 0 radical (unpaired) electrons. The van der Waals surface area contributed by atoms with Gasteiger partial charge in [0, 0.05) is 29.2 Å². The number of amides is 2. The number of carbonyl (C=O) groups is 2. The molecule has 2 aromatic carbocycles. The highest BCUT2D eigenvalue weighted by molar-refractivity contribution is 8.01. The lowest BCUT2D eigenvalue weighted by Crippen LogP contribution is -2.26. The first-order valence-electron chi connectivity index (χ1n) is 8.16. The fourth-order valence-electron chi connectivity index (χ4n) is 3.22. The minimum Gasteiger partial charge on any atom is -0.325 e. The van der Waals surface area contributed by atoms with Gasteiger partial charge in [-0.2, -0.15) is 0 Å². The van der Waals surface area contributed by atoms with Crippen LogP contribution in [0.2, 0.25) is 0 Å². The zero-order valence-electron chi connectivity index (χ0n) is 13.2. The van der Waals surface area contributed by atoms with Crippen LogP contribution >= 0.6 is 11.8 Å². The normalized spacial score (nSPS) is 19.4. The standard InChI is InChI=1S/C19H18N2O2S/c22-18-9-4-10-21(18)15-7-3-6-14(12-15)20-19(23)17-11-13-5-1-2-8-16(13)24-17/h1-3,5-8,12,17H,4,9-11H2,(H,20,23). The Hall–Kier alpha value is -2.27. The van der Waals surface area contributed by atoms with Gasteiger partial charge in [-0.25, -0.2) is 0 Å². The summed E-state index contributed by atoms with van der Waals surface area (Å²) in [7, 11) is 0. The van der Waals surface area contributed by atoms with Crippen molar-refractivity contribution in [3.8, 4) is 0 Å². The second kappa shape index (κ2) is 6.32. The molecule has 1 N–H and O–H groups in total. The second-order valence-corrected chi connectivity index (χ2v) is 7.35. The predicted octanol–water partition coefficient (Wildman–Crippen LogP) is 3.47. The quantitative estimate of drug-likeness (QED) is 0.932. The molecule has 0 spiro atoms. The number of rotatable bonds is 3. The van der Waals surface area contributed by atoms with Crippen LogP contribution in [0.1, 0.15) is 18.4 Å². The molecule has 2 aliphatic heterocycles. The van der Waals surface area contributed by atoms with E-state index in [2.05, 4.69) is 17.4 Å². The van der Waals surface area contributed by atoms with Gasteiger partial charge in [0.05, 0.1) is 5.25 Å². The maximum atomic E-state index is 12.6. The first-order chi connectivity index (χ1) is 11.7. The zero-order valence-corrected chi connectivity index (χ0v) is 14.0. The Morgan fingerprint density at radius 3 is 2.83 bits per heavy atom. The summed E-state index contributed by atoms with van der Waals surface area (Å²) in [5.74, 6) is 0.168. The monoisotopic (exact) mass is 338 g/mol. The lowest BCUT2D eigenvalue weighted by molar-refractivity contribution is -0.117. The lowest BCUT2D eigenvalue weighted by atomic mass is 10.1. The molecule has 0 aliphatic carbocycles. The van der Waals surface area contributed by atoms with Gasteiger partial charge in [0.15, 0.2) is 0 Å². The Balaban J connectivity index is 1.46. The molecule has 1 saturated heterocycles. The maximum Gasteiger partial charge on any atom is 0.238 e. The second-order valence-electron chi connectivity index (χ2n) is 6.11. The van der Waals surface area contributed by atoms with Crippen LogP contribution in [-0.2, 0) is 16.0 Å². The van der Waals surface area contributed by atoms with Crippen molar-refractivity contribution in [3.63, 3.8) is 0 Å². The topological polar surface area (TPSA) is 49.4 Å². The lowest BCUT2D eigenvalue weighted by Gasteiger charge is -2.17. The third-order valence-corrected chi connectivity index (χ3v) is 5.76. The van der Waals surface area contributed by atoms with E-state index in [4.69, 9.17) is 0 Å². The van der Waals surface area contributed by atoms with E-state index in [0.29, 0.717) is 6.42 Å². The molecule has 1 atom stereocenters. The summed E-state index contributed by atoms with van der Waals surface area (Å²) in [4.78, 5) is 27.4. The van der Waals surface area contributed by atoms with E-state index < -0.39 is 0 Å². The van der Waals surface area contributed by atoms with Crippen LogP contribution in [0.25, 0.3) is 0 Å². The summed E-state index contributed by atoms with van der Waals surface area (Å²) in [6, 6.07) is 15.7. The minimum atomic E-state index is -0.0977. The summed E-state index contributed by atoms with van der Waals surface area (Å²) in [6.45, 7) is 0.754. The van der Waals surface area contributed by atoms with Crippen molar-refractivity contribution in [1.29, 1.82) is 0 Å². The number of nitrogens with zero attached hydrogens (tertiary/aromatic N) is 1. The van der Waals surface area contributed by atoms with E-state index in [1.165, 1.54) is 10.5 Å². The number of hydrogen-bond acceptors (Lipinski definition) is 3. The maximum absolute atomic E-state index is 12.6. The number of thioether (sulfide) groups is 1. The van der Waals surface area contributed by atoms with E-state index in [-0.39, 0.29) is 17.1 Å². The number of benzene rings is 2. The first kappa shape index (κ1) is 15.3. The summed E-state index contributed by atoms with van der Waals surface area (Å²) >= 11 is 1.62. The first-order valence-corrected chi connectivity index (χ1v) is 9.04. The molecule has 1 fully saturated rings. The highest BCUT2D eigenvalue weighted by Crippen LogP contribution is 2.37. The molecule has 2 heterocycles. The Morgan fingerprint density at radius 2 is 2.04 bits per heavy atom. The smallest absolute Gasteiger partial charge is 0.238 e. The molecule has 5 heteroatoms. The molecule has 0 saturated carbocycles. The Bertz CT molecular complexity index is 780. The van der Waals surface area contributed by atoms with Crippen molar-refractivity contribution in [3.05, 3.63) is 54.1 Å². The fraction of sp³-hybridized carbons (Fsp3) is 0.263. The van der Waals surface area contributed by atoms with Crippen LogP contribution in [0.3, 0.4) is 0 Å². The number of anilines is 2. The van der Waals surface area contributed by atoms with Gasteiger partial charge in [0.1, 0.15) is 0 Å². The van der Waals surface area contributed by atoms with Gasteiger partial charge in [-0.1, -0.05) is 24.3 Å². The Morgan fingerprint density at radius 1 is 1.17 bits per heavy atom. The summed E-state index contributed by atoms with van der Waals surface area (Å²) < 4.78 is 0. The molecule has 122 valence electrons. The molecule has 0 aromatic heterocycles. The van der Waals surface area contributed by atoms with Gasteiger partial charge in [-0.3, -0.25) is 9.59 Å². The van der Waals surface area contributed by atoms with Gasteiger partial charge >= 0.3 is 0 Å².